The van der Waals surface area contributed by atoms with Crippen LogP contribution in [-0.2, 0) is 0 Å². The maximum atomic E-state index is 5.13. The van der Waals surface area contributed by atoms with Crippen molar-refractivity contribution in [3.05, 3.63) is 133 Å². The van der Waals surface area contributed by atoms with Crippen molar-refractivity contribution < 1.29 is 0 Å². The predicted octanol–water partition coefficient (Wildman–Crippen LogP) is 10.2. The molecule has 0 saturated carbocycles. The van der Waals surface area contributed by atoms with Crippen LogP contribution in [0.5, 0.6) is 0 Å². The van der Waals surface area contributed by atoms with Gasteiger partial charge in [0.05, 0.1) is 33.1 Å². The topological polar surface area (TPSA) is 35.1 Å². The molecule has 202 valence electrons. The van der Waals surface area contributed by atoms with Crippen LogP contribution in [0.4, 0.5) is 0 Å². The van der Waals surface area contributed by atoms with Crippen LogP contribution in [0.25, 0.3) is 98.4 Å². The molecular formula is C40H22N4. The minimum atomic E-state index is 0.910. The van der Waals surface area contributed by atoms with Gasteiger partial charge in [-0.3, -0.25) is 4.40 Å². The average Bonchev–Trinajstić information content (AvgIpc) is 3.72. The zero-order valence-electron chi connectivity index (χ0n) is 23.5. The van der Waals surface area contributed by atoms with Crippen LogP contribution in [0.3, 0.4) is 0 Å². The van der Waals surface area contributed by atoms with Crippen molar-refractivity contribution in [2.75, 3.05) is 0 Å². The maximum Gasteiger partial charge on any atom is 0.165 e. The number of rotatable bonds is 1. The molecule has 0 fully saturated rings. The van der Waals surface area contributed by atoms with E-state index in [2.05, 4.69) is 118 Å². The Labute approximate surface area is 250 Å². The quantitative estimate of drug-likeness (QED) is 0.201. The summed E-state index contributed by atoms with van der Waals surface area (Å²) in [5.41, 5.74) is 9.62. The van der Waals surface area contributed by atoms with E-state index in [9.17, 15) is 0 Å². The van der Waals surface area contributed by atoms with Crippen molar-refractivity contribution in [2.24, 2.45) is 0 Å². The summed E-state index contributed by atoms with van der Waals surface area (Å²) in [6.45, 7) is 0. The van der Waals surface area contributed by atoms with Gasteiger partial charge in [0, 0.05) is 32.6 Å². The van der Waals surface area contributed by atoms with Crippen molar-refractivity contribution in [3.63, 3.8) is 0 Å². The van der Waals surface area contributed by atoms with Crippen LogP contribution in [0.2, 0.25) is 0 Å². The molecule has 4 nitrogen and oxygen atoms in total. The number of fused-ring (bicyclic) bond motifs is 14. The van der Waals surface area contributed by atoms with Gasteiger partial charge in [-0.05, 0) is 64.0 Å². The first-order chi connectivity index (χ1) is 21.8. The second-order valence-corrected chi connectivity index (χ2v) is 11.8. The van der Waals surface area contributed by atoms with Crippen molar-refractivity contribution in [2.45, 2.75) is 0 Å². The summed E-state index contributed by atoms with van der Waals surface area (Å²) in [5, 5.41) is 11.3. The van der Waals surface area contributed by atoms with Gasteiger partial charge in [0.15, 0.2) is 5.65 Å². The lowest BCUT2D eigenvalue weighted by molar-refractivity contribution is 1.19. The third-order valence-electron chi connectivity index (χ3n) is 9.59. The normalized spacial score (nSPS) is 12.5. The third-order valence-corrected chi connectivity index (χ3v) is 9.59. The molecule has 0 aliphatic heterocycles. The summed E-state index contributed by atoms with van der Waals surface area (Å²) in [6.07, 6.45) is 0. The standard InChI is InChI=1S/C40H22N4/c1-3-10-26-23(8-1)16-19-34-36(26)37-27-11-4-2-9-24(27)17-20-35(37)43(34)25-18-21-33-30(22-25)28-12-7-13-29-38-40(44(33)39(28)29)42-32-15-6-5-14-31(32)41-38/h1-22H. The number of nitrogens with zero attached hydrogens (tertiary/aromatic N) is 4. The Morgan fingerprint density at radius 3 is 1.75 bits per heavy atom. The van der Waals surface area contributed by atoms with Gasteiger partial charge in [-0.15, -0.1) is 0 Å². The fourth-order valence-electron chi connectivity index (χ4n) is 7.76. The SMILES string of the molecule is c1ccc2c(c1)ccc1c2c2c3ccccc3ccc2n1-c1ccc2c(c1)c1cccc3c4nc5ccccc5nc4n2c13. The Kier molecular flexibility index (Phi) is 4.04. The molecular weight excluding hydrogens is 536 g/mol. The molecule has 4 aromatic heterocycles. The Morgan fingerprint density at radius 2 is 1.02 bits per heavy atom. The Morgan fingerprint density at radius 1 is 0.432 bits per heavy atom. The summed E-state index contributed by atoms with van der Waals surface area (Å²) >= 11 is 0. The van der Waals surface area contributed by atoms with Crippen molar-refractivity contribution in [1.29, 1.82) is 0 Å². The third kappa shape index (κ3) is 2.69. The van der Waals surface area contributed by atoms with E-state index in [0.29, 0.717) is 0 Å². The van der Waals surface area contributed by atoms with Crippen LogP contribution < -0.4 is 0 Å². The average molecular weight is 559 g/mol. The van der Waals surface area contributed by atoms with Crippen LogP contribution in [0.15, 0.2) is 133 Å². The number of benzene rings is 7. The summed E-state index contributed by atoms with van der Waals surface area (Å²) in [5.74, 6) is 0. The number of para-hydroxylation sites is 3. The molecule has 4 heteroatoms. The molecule has 4 heterocycles. The van der Waals surface area contributed by atoms with E-state index in [1.807, 2.05) is 24.3 Å². The molecule has 11 rings (SSSR count). The smallest absolute Gasteiger partial charge is 0.165 e. The zero-order valence-corrected chi connectivity index (χ0v) is 23.5. The minimum Gasteiger partial charge on any atom is -0.309 e. The van der Waals surface area contributed by atoms with Crippen molar-refractivity contribution >= 4 is 92.7 Å². The summed E-state index contributed by atoms with van der Waals surface area (Å²) in [6, 6.07) is 48.2. The van der Waals surface area contributed by atoms with Crippen LogP contribution in [0.1, 0.15) is 0 Å². The number of aromatic nitrogens is 4. The fraction of sp³-hybridized carbons (Fsp3) is 0. The molecule has 0 amide bonds. The first-order valence-corrected chi connectivity index (χ1v) is 15.0. The van der Waals surface area contributed by atoms with Crippen LogP contribution >= 0.6 is 0 Å². The van der Waals surface area contributed by atoms with Crippen molar-refractivity contribution in [1.82, 2.24) is 18.9 Å². The second-order valence-electron chi connectivity index (χ2n) is 11.8. The van der Waals surface area contributed by atoms with Gasteiger partial charge < -0.3 is 4.57 Å². The molecule has 0 atom stereocenters. The van der Waals surface area contributed by atoms with Gasteiger partial charge in [0.25, 0.3) is 0 Å². The van der Waals surface area contributed by atoms with E-state index in [1.54, 1.807) is 0 Å². The zero-order chi connectivity index (χ0) is 28.5. The van der Waals surface area contributed by atoms with Gasteiger partial charge >= 0.3 is 0 Å². The molecule has 0 bridgehead atoms. The molecule has 44 heavy (non-hydrogen) atoms. The molecule has 7 aromatic carbocycles. The molecule has 0 saturated heterocycles. The highest BCUT2D eigenvalue weighted by molar-refractivity contribution is 6.29. The Hall–Kier alpha value is -6.00. The first-order valence-electron chi connectivity index (χ1n) is 15.0. The summed E-state index contributed by atoms with van der Waals surface area (Å²) in [7, 11) is 0. The number of hydrogen-bond donors (Lipinski definition) is 0. The lowest BCUT2D eigenvalue weighted by Gasteiger charge is -2.09. The Balaban J connectivity index is 1.29. The molecule has 0 unspecified atom stereocenters. The monoisotopic (exact) mass is 558 g/mol. The lowest BCUT2D eigenvalue weighted by atomic mass is 10.00. The van der Waals surface area contributed by atoms with Crippen LogP contribution in [0, 0.1) is 0 Å². The minimum absolute atomic E-state index is 0.910. The molecule has 0 radical (unpaired) electrons. The summed E-state index contributed by atoms with van der Waals surface area (Å²) < 4.78 is 4.76. The molecule has 0 spiro atoms. The van der Waals surface area contributed by atoms with Gasteiger partial charge in [0.2, 0.25) is 0 Å². The van der Waals surface area contributed by atoms with Gasteiger partial charge in [0.1, 0.15) is 5.52 Å². The highest BCUT2D eigenvalue weighted by Crippen LogP contribution is 2.43. The predicted molar refractivity (Wildman–Crippen MR) is 184 cm³/mol. The van der Waals surface area contributed by atoms with E-state index < -0.39 is 0 Å². The van der Waals surface area contributed by atoms with E-state index in [0.717, 1.165) is 38.8 Å². The highest BCUT2D eigenvalue weighted by Gasteiger charge is 2.22. The maximum absolute atomic E-state index is 5.13. The molecule has 0 aliphatic carbocycles. The van der Waals surface area contributed by atoms with E-state index in [1.165, 1.54) is 59.6 Å². The lowest BCUT2D eigenvalue weighted by Crippen LogP contribution is -1.94. The van der Waals surface area contributed by atoms with Gasteiger partial charge in [-0.1, -0.05) is 91.0 Å². The fourth-order valence-corrected chi connectivity index (χ4v) is 7.76. The molecule has 0 N–H and O–H groups in total. The van der Waals surface area contributed by atoms with E-state index in [4.69, 9.17) is 9.97 Å². The first kappa shape index (κ1) is 22.6. The molecule has 11 aromatic rings. The second kappa shape index (κ2) is 7.88. The largest absolute Gasteiger partial charge is 0.309 e. The molecule has 0 aliphatic rings. The van der Waals surface area contributed by atoms with Gasteiger partial charge in [-0.25, -0.2) is 9.97 Å². The Bertz CT molecular complexity index is 2900. The van der Waals surface area contributed by atoms with Gasteiger partial charge in [-0.2, -0.15) is 0 Å². The van der Waals surface area contributed by atoms with E-state index in [-0.39, 0.29) is 0 Å². The van der Waals surface area contributed by atoms with Crippen molar-refractivity contribution in [3.8, 4) is 5.69 Å². The highest BCUT2D eigenvalue weighted by atomic mass is 15.0. The number of hydrogen-bond acceptors (Lipinski definition) is 2. The van der Waals surface area contributed by atoms with E-state index >= 15 is 0 Å². The summed E-state index contributed by atoms with van der Waals surface area (Å²) in [4.78, 5) is 10.2. The van der Waals surface area contributed by atoms with Crippen LogP contribution in [-0.4, -0.2) is 18.9 Å².